The van der Waals surface area contributed by atoms with Crippen molar-refractivity contribution in [3.63, 3.8) is 0 Å². The van der Waals surface area contributed by atoms with Crippen LogP contribution in [0.25, 0.3) is 0 Å². The summed E-state index contributed by atoms with van der Waals surface area (Å²) in [6, 6.07) is 3.40. The minimum absolute atomic E-state index is 0.0718. The van der Waals surface area contributed by atoms with Crippen molar-refractivity contribution in [1.82, 2.24) is 9.62 Å². The molecule has 1 aromatic carbocycles. The van der Waals surface area contributed by atoms with Gasteiger partial charge < -0.3 is 19.9 Å². The Labute approximate surface area is 158 Å². The Kier molecular flexibility index (Phi) is 7.17. The average molecular weight is 400 g/mol. The monoisotopic (exact) mass is 400 g/mol. The maximum Gasteiger partial charge on any atom is 0.339 e. The second-order valence-electron chi connectivity index (χ2n) is 6.29. The minimum atomic E-state index is -3.74. The number of sulfonamides is 1. The third-order valence-electron chi connectivity index (χ3n) is 4.07. The zero-order valence-electron chi connectivity index (χ0n) is 15.3. The third kappa shape index (κ3) is 5.41. The van der Waals surface area contributed by atoms with Gasteiger partial charge >= 0.3 is 5.97 Å². The Morgan fingerprint density at radius 1 is 1.30 bits per heavy atom. The second-order valence-corrected chi connectivity index (χ2v) is 8.22. The van der Waals surface area contributed by atoms with Gasteiger partial charge in [-0.05, 0) is 38.0 Å². The van der Waals surface area contributed by atoms with Crippen LogP contribution in [0.15, 0.2) is 23.1 Å². The van der Waals surface area contributed by atoms with Gasteiger partial charge in [0.2, 0.25) is 10.0 Å². The lowest BCUT2D eigenvalue weighted by Gasteiger charge is -2.17. The molecule has 27 heavy (non-hydrogen) atoms. The van der Waals surface area contributed by atoms with Gasteiger partial charge in [-0.25, -0.2) is 13.2 Å². The quantitative estimate of drug-likeness (QED) is 0.625. The molecule has 0 saturated carbocycles. The van der Waals surface area contributed by atoms with Crippen molar-refractivity contribution in [2.75, 3.05) is 33.4 Å². The molecule has 1 amide bonds. The maximum absolute atomic E-state index is 12.6. The van der Waals surface area contributed by atoms with Crippen LogP contribution in [0.1, 0.15) is 30.1 Å². The molecular formula is C17H24N2O7S. The summed E-state index contributed by atoms with van der Waals surface area (Å²) < 4.78 is 36.7. The van der Waals surface area contributed by atoms with Crippen LogP contribution >= 0.6 is 0 Å². The number of amides is 1. The first kappa shape index (κ1) is 21.1. The number of ether oxygens (including phenoxy) is 2. The number of carboxylic acids is 1. The maximum atomic E-state index is 12.6. The molecule has 0 spiro atoms. The van der Waals surface area contributed by atoms with Crippen molar-refractivity contribution < 1.29 is 32.6 Å². The third-order valence-corrected chi connectivity index (χ3v) is 5.96. The fourth-order valence-electron chi connectivity index (χ4n) is 2.79. The number of nitrogens with one attached hydrogen (secondary N) is 1. The molecule has 0 radical (unpaired) electrons. The van der Waals surface area contributed by atoms with E-state index in [2.05, 4.69) is 5.32 Å². The topological polar surface area (TPSA) is 122 Å². The van der Waals surface area contributed by atoms with E-state index < -0.39 is 28.5 Å². The number of hydrogen-bond donors (Lipinski definition) is 2. The van der Waals surface area contributed by atoms with Crippen molar-refractivity contribution in [2.24, 2.45) is 0 Å². The number of carbonyl (C=O) groups excluding carboxylic acids is 1. The van der Waals surface area contributed by atoms with Crippen LogP contribution < -0.4 is 10.1 Å². The first-order valence-corrected chi connectivity index (χ1v) is 9.98. The van der Waals surface area contributed by atoms with E-state index >= 15 is 0 Å². The van der Waals surface area contributed by atoms with Gasteiger partial charge in [-0.15, -0.1) is 0 Å². The molecule has 2 rings (SSSR count). The highest BCUT2D eigenvalue weighted by Gasteiger charge is 2.28. The second kappa shape index (κ2) is 9.16. The Morgan fingerprint density at radius 3 is 2.56 bits per heavy atom. The summed E-state index contributed by atoms with van der Waals surface area (Å²) in [5.74, 6) is -1.85. The van der Waals surface area contributed by atoms with E-state index in [9.17, 15) is 23.1 Å². The van der Waals surface area contributed by atoms with Crippen LogP contribution in [0, 0.1) is 0 Å². The van der Waals surface area contributed by atoms with E-state index in [1.807, 2.05) is 0 Å². The smallest absolute Gasteiger partial charge is 0.339 e. The van der Waals surface area contributed by atoms with Gasteiger partial charge in [0.1, 0.15) is 11.3 Å². The highest BCUT2D eigenvalue weighted by Crippen LogP contribution is 2.26. The highest BCUT2D eigenvalue weighted by molar-refractivity contribution is 7.89. The number of hydrogen-bond acceptors (Lipinski definition) is 6. The Balaban J connectivity index is 2.14. The number of carboxylic acid groups (broad SMARTS) is 1. The largest absolute Gasteiger partial charge is 0.483 e. The van der Waals surface area contributed by atoms with Crippen molar-refractivity contribution in [1.29, 1.82) is 0 Å². The summed E-state index contributed by atoms with van der Waals surface area (Å²) in [7, 11) is -2.23. The van der Waals surface area contributed by atoms with Crippen molar-refractivity contribution in [3.05, 3.63) is 23.8 Å². The van der Waals surface area contributed by atoms with E-state index in [1.54, 1.807) is 6.92 Å². The SMILES string of the molecule is COC[C@@H](C)NC(=O)COc1ccc(S(=O)(=O)N2CCCC2)cc1C(=O)O. The van der Waals surface area contributed by atoms with Crippen LogP contribution in [0.5, 0.6) is 5.75 Å². The molecule has 0 bridgehead atoms. The molecule has 0 aliphatic carbocycles. The zero-order chi connectivity index (χ0) is 20.0. The predicted octanol–water partition coefficient (Wildman–Crippen LogP) is 0.699. The van der Waals surface area contributed by atoms with E-state index in [0.717, 1.165) is 18.9 Å². The number of methoxy groups -OCH3 is 1. The number of benzene rings is 1. The highest BCUT2D eigenvalue weighted by atomic mass is 32.2. The molecule has 0 unspecified atom stereocenters. The zero-order valence-corrected chi connectivity index (χ0v) is 16.1. The number of aromatic carboxylic acids is 1. The predicted molar refractivity (Wildman–Crippen MR) is 96.4 cm³/mol. The lowest BCUT2D eigenvalue weighted by atomic mass is 10.2. The number of rotatable bonds is 9. The molecule has 1 aromatic rings. The molecule has 2 N–H and O–H groups in total. The summed E-state index contributed by atoms with van der Waals surface area (Å²) in [6.07, 6.45) is 1.56. The Hall–Kier alpha value is -2.17. The first-order chi connectivity index (χ1) is 12.8. The summed E-state index contributed by atoms with van der Waals surface area (Å²) in [5, 5.41) is 12.0. The Morgan fingerprint density at radius 2 is 1.96 bits per heavy atom. The van der Waals surface area contributed by atoms with E-state index in [1.165, 1.54) is 23.5 Å². The van der Waals surface area contributed by atoms with Gasteiger partial charge in [0.25, 0.3) is 5.91 Å². The molecule has 1 aliphatic rings. The van der Waals surface area contributed by atoms with Gasteiger partial charge in [0.15, 0.2) is 6.61 Å². The summed E-state index contributed by atoms with van der Waals surface area (Å²) >= 11 is 0. The number of carbonyl (C=O) groups is 2. The molecule has 9 nitrogen and oxygen atoms in total. The fourth-order valence-corrected chi connectivity index (χ4v) is 4.34. The molecule has 150 valence electrons. The molecule has 1 heterocycles. The molecule has 1 aliphatic heterocycles. The van der Waals surface area contributed by atoms with E-state index in [0.29, 0.717) is 19.7 Å². The lowest BCUT2D eigenvalue weighted by molar-refractivity contribution is -0.124. The molecule has 1 saturated heterocycles. The minimum Gasteiger partial charge on any atom is -0.483 e. The molecule has 1 fully saturated rings. The Bertz CT molecular complexity index is 788. The fraction of sp³-hybridized carbons (Fsp3) is 0.529. The normalized spacial score (nSPS) is 16.1. The van der Waals surface area contributed by atoms with Crippen LogP contribution in [0.2, 0.25) is 0 Å². The summed E-state index contributed by atoms with van der Waals surface area (Å²) in [6.45, 7) is 2.52. The summed E-state index contributed by atoms with van der Waals surface area (Å²) in [4.78, 5) is 23.3. The van der Waals surface area contributed by atoms with Gasteiger partial charge in [-0.1, -0.05) is 0 Å². The molecule has 10 heteroatoms. The van der Waals surface area contributed by atoms with Gasteiger partial charge in [-0.3, -0.25) is 4.79 Å². The standard InChI is InChI=1S/C17H24N2O7S/c1-12(10-25-2)18-16(20)11-26-15-6-5-13(9-14(15)17(21)22)27(23,24)19-7-3-4-8-19/h5-6,9,12H,3-4,7-8,10-11H2,1-2H3,(H,18,20)(H,21,22)/t12-/m1/s1. The first-order valence-electron chi connectivity index (χ1n) is 8.54. The van der Waals surface area contributed by atoms with Gasteiger partial charge in [0, 0.05) is 26.2 Å². The van der Waals surface area contributed by atoms with Crippen molar-refractivity contribution in [2.45, 2.75) is 30.7 Å². The van der Waals surface area contributed by atoms with Crippen LogP contribution in [-0.2, 0) is 19.6 Å². The van der Waals surface area contributed by atoms with Gasteiger partial charge in [-0.2, -0.15) is 4.31 Å². The van der Waals surface area contributed by atoms with Crippen molar-refractivity contribution in [3.8, 4) is 5.75 Å². The summed E-state index contributed by atoms with van der Waals surface area (Å²) in [5.41, 5.74) is -0.312. The van der Waals surface area contributed by atoms with Crippen LogP contribution in [0.3, 0.4) is 0 Å². The molecule has 1 atom stereocenters. The van der Waals surface area contributed by atoms with Crippen LogP contribution in [0.4, 0.5) is 0 Å². The van der Waals surface area contributed by atoms with E-state index in [-0.39, 0.29) is 22.3 Å². The lowest BCUT2D eigenvalue weighted by Crippen LogP contribution is -2.38. The van der Waals surface area contributed by atoms with Crippen molar-refractivity contribution >= 4 is 21.9 Å². The van der Waals surface area contributed by atoms with Crippen LogP contribution in [-0.4, -0.2) is 69.2 Å². The van der Waals surface area contributed by atoms with Gasteiger partial charge in [0.05, 0.1) is 11.5 Å². The average Bonchev–Trinajstić information content (AvgIpc) is 3.15. The molecule has 0 aromatic heterocycles. The van der Waals surface area contributed by atoms with E-state index in [4.69, 9.17) is 9.47 Å². The number of nitrogens with zero attached hydrogens (tertiary/aromatic N) is 1. The molecular weight excluding hydrogens is 376 g/mol.